The molecule has 0 aliphatic carbocycles. The highest BCUT2D eigenvalue weighted by Crippen LogP contribution is 2.16. The Bertz CT molecular complexity index is 751. The van der Waals surface area contributed by atoms with Crippen LogP contribution in [0.5, 0.6) is 0 Å². The minimum absolute atomic E-state index is 0.294. The summed E-state index contributed by atoms with van der Waals surface area (Å²) in [6.07, 6.45) is 0.791. The van der Waals surface area contributed by atoms with Crippen molar-refractivity contribution >= 4 is 11.2 Å². The maximum Gasteiger partial charge on any atom is 0.332 e. The highest BCUT2D eigenvalue weighted by atomic mass is 16.2. The zero-order valence-electron chi connectivity index (χ0n) is 12.4. The third-order valence-electron chi connectivity index (χ3n) is 3.43. The molecule has 0 fully saturated rings. The molecule has 2 N–H and O–H groups in total. The predicted molar refractivity (Wildman–Crippen MR) is 77.8 cm³/mol. The zero-order chi connectivity index (χ0) is 15.0. The lowest BCUT2D eigenvalue weighted by Gasteiger charge is -2.09. The van der Waals surface area contributed by atoms with Gasteiger partial charge in [-0.15, -0.1) is 0 Å². The van der Waals surface area contributed by atoms with Gasteiger partial charge in [-0.05, 0) is 20.3 Å². The van der Waals surface area contributed by atoms with Gasteiger partial charge >= 0.3 is 5.69 Å². The SMILES string of the molecule is CCCn1c(=O)n(C)c(=O)c2c1nc(C(C)N)n2CC. The van der Waals surface area contributed by atoms with Gasteiger partial charge in [0.15, 0.2) is 11.2 Å². The Hall–Kier alpha value is -1.89. The van der Waals surface area contributed by atoms with Gasteiger partial charge in [-0.2, -0.15) is 0 Å². The number of hydrogen-bond acceptors (Lipinski definition) is 4. The van der Waals surface area contributed by atoms with E-state index in [1.165, 1.54) is 7.05 Å². The van der Waals surface area contributed by atoms with Crippen molar-refractivity contribution in [1.82, 2.24) is 18.7 Å². The smallest absolute Gasteiger partial charge is 0.322 e. The molecule has 7 heteroatoms. The molecular weight excluding hydrogens is 258 g/mol. The third kappa shape index (κ3) is 1.98. The molecule has 0 saturated heterocycles. The van der Waals surface area contributed by atoms with Crippen LogP contribution in [0.3, 0.4) is 0 Å². The van der Waals surface area contributed by atoms with Crippen LogP contribution in [-0.4, -0.2) is 18.7 Å². The second-order valence-electron chi connectivity index (χ2n) is 4.97. The van der Waals surface area contributed by atoms with E-state index in [0.29, 0.717) is 30.1 Å². The lowest BCUT2D eigenvalue weighted by molar-refractivity contribution is 0.609. The Labute approximate surface area is 116 Å². The summed E-state index contributed by atoms with van der Waals surface area (Å²) in [7, 11) is 1.49. The van der Waals surface area contributed by atoms with Gasteiger partial charge in [0.2, 0.25) is 0 Å². The second kappa shape index (κ2) is 5.24. The van der Waals surface area contributed by atoms with Gasteiger partial charge in [0.1, 0.15) is 5.82 Å². The molecule has 20 heavy (non-hydrogen) atoms. The molecule has 2 aromatic rings. The first-order chi connectivity index (χ1) is 9.43. The van der Waals surface area contributed by atoms with Crippen LogP contribution in [0.4, 0.5) is 0 Å². The molecule has 0 saturated carbocycles. The van der Waals surface area contributed by atoms with E-state index in [2.05, 4.69) is 4.98 Å². The van der Waals surface area contributed by atoms with Crippen molar-refractivity contribution in [2.45, 2.75) is 46.3 Å². The van der Waals surface area contributed by atoms with Gasteiger partial charge < -0.3 is 10.3 Å². The number of aromatic nitrogens is 4. The monoisotopic (exact) mass is 279 g/mol. The molecule has 110 valence electrons. The molecule has 0 spiro atoms. The molecule has 0 amide bonds. The van der Waals surface area contributed by atoms with Gasteiger partial charge in [-0.1, -0.05) is 6.92 Å². The Morgan fingerprint density at radius 1 is 1.25 bits per heavy atom. The van der Waals surface area contributed by atoms with Crippen LogP contribution in [0.2, 0.25) is 0 Å². The molecule has 0 aliphatic rings. The summed E-state index contributed by atoms with van der Waals surface area (Å²) < 4.78 is 4.49. The summed E-state index contributed by atoms with van der Waals surface area (Å²) in [4.78, 5) is 29.0. The first-order valence-electron chi connectivity index (χ1n) is 6.89. The van der Waals surface area contributed by atoms with Crippen LogP contribution < -0.4 is 17.0 Å². The Morgan fingerprint density at radius 2 is 1.90 bits per heavy atom. The quantitative estimate of drug-likeness (QED) is 0.874. The average molecular weight is 279 g/mol. The molecule has 1 unspecified atom stereocenters. The molecule has 2 heterocycles. The van der Waals surface area contributed by atoms with Crippen molar-refractivity contribution < 1.29 is 0 Å². The predicted octanol–water partition coefficient (Wildman–Crippen LogP) is 0.346. The molecule has 0 radical (unpaired) electrons. The maximum absolute atomic E-state index is 12.4. The number of nitrogens with zero attached hydrogens (tertiary/aromatic N) is 4. The van der Waals surface area contributed by atoms with Gasteiger partial charge in [-0.25, -0.2) is 9.78 Å². The molecule has 0 aliphatic heterocycles. The second-order valence-corrected chi connectivity index (χ2v) is 4.97. The summed E-state index contributed by atoms with van der Waals surface area (Å²) in [5.41, 5.74) is 6.16. The van der Waals surface area contributed by atoms with E-state index < -0.39 is 0 Å². The van der Waals surface area contributed by atoms with Crippen molar-refractivity contribution in [3.63, 3.8) is 0 Å². The standard InChI is InChI=1S/C13H21N5O2/c1-5-7-18-11-9(12(19)16(4)13(18)20)17(6-2)10(15-11)8(3)14/h8H,5-7,14H2,1-4H3. The molecule has 2 rings (SSSR count). The van der Waals surface area contributed by atoms with Crippen LogP contribution >= 0.6 is 0 Å². The Kier molecular flexibility index (Phi) is 3.80. The fraction of sp³-hybridized carbons (Fsp3) is 0.615. The Balaban J connectivity index is 3.01. The van der Waals surface area contributed by atoms with Crippen molar-refractivity contribution in [3.05, 3.63) is 26.7 Å². The number of rotatable bonds is 4. The fourth-order valence-corrected chi connectivity index (χ4v) is 2.47. The van der Waals surface area contributed by atoms with E-state index in [1.807, 2.05) is 20.8 Å². The number of imidazole rings is 1. The van der Waals surface area contributed by atoms with E-state index in [9.17, 15) is 9.59 Å². The normalized spacial score (nSPS) is 13.1. The third-order valence-corrected chi connectivity index (χ3v) is 3.43. The van der Waals surface area contributed by atoms with Gasteiger partial charge in [-0.3, -0.25) is 13.9 Å². The molecule has 7 nitrogen and oxygen atoms in total. The largest absolute Gasteiger partial charge is 0.332 e. The van der Waals surface area contributed by atoms with Gasteiger partial charge in [0.05, 0.1) is 6.04 Å². The summed E-state index contributed by atoms with van der Waals surface area (Å²) in [5, 5.41) is 0. The maximum atomic E-state index is 12.4. The van der Waals surface area contributed by atoms with Crippen molar-refractivity contribution in [1.29, 1.82) is 0 Å². The van der Waals surface area contributed by atoms with E-state index in [1.54, 1.807) is 9.13 Å². The van der Waals surface area contributed by atoms with E-state index in [0.717, 1.165) is 11.0 Å². The summed E-state index contributed by atoms with van der Waals surface area (Å²) in [5.74, 6) is 0.634. The molecule has 2 aromatic heterocycles. The minimum atomic E-state index is -0.332. The lowest BCUT2D eigenvalue weighted by atomic mass is 10.3. The van der Waals surface area contributed by atoms with Crippen LogP contribution in [0.25, 0.3) is 11.2 Å². The van der Waals surface area contributed by atoms with E-state index in [4.69, 9.17) is 5.73 Å². The first kappa shape index (κ1) is 14.5. The lowest BCUT2D eigenvalue weighted by Crippen LogP contribution is -2.38. The highest BCUT2D eigenvalue weighted by Gasteiger charge is 2.20. The van der Waals surface area contributed by atoms with Gasteiger partial charge in [0.25, 0.3) is 5.56 Å². The highest BCUT2D eigenvalue weighted by molar-refractivity contribution is 5.71. The van der Waals surface area contributed by atoms with Crippen LogP contribution in [0.1, 0.15) is 39.1 Å². The molecular formula is C13H21N5O2. The van der Waals surface area contributed by atoms with Crippen LogP contribution in [-0.2, 0) is 20.1 Å². The van der Waals surface area contributed by atoms with Crippen molar-refractivity contribution in [3.8, 4) is 0 Å². The summed E-state index contributed by atoms with van der Waals surface area (Å²) in [6.45, 7) is 6.85. The van der Waals surface area contributed by atoms with Crippen LogP contribution in [0, 0.1) is 0 Å². The topological polar surface area (TPSA) is 87.8 Å². The molecule has 1 atom stereocenters. The number of fused-ring (bicyclic) bond motifs is 1. The van der Waals surface area contributed by atoms with E-state index in [-0.39, 0.29) is 17.3 Å². The zero-order valence-corrected chi connectivity index (χ0v) is 12.4. The number of nitrogens with two attached hydrogens (primary N) is 1. The average Bonchev–Trinajstić information content (AvgIpc) is 2.80. The van der Waals surface area contributed by atoms with Crippen molar-refractivity contribution in [2.24, 2.45) is 12.8 Å². The minimum Gasteiger partial charge on any atom is -0.322 e. The summed E-state index contributed by atoms with van der Waals surface area (Å²) >= 11 is 0. The first-order valence-corrected chi connectivity index (χ1v) is 6.89. The Morgan fingerprint density at radius 3 is 2.40 bits per heavy atom. The van der Waals surface area contributed by atoms with Crippen molar-refractivity contribution in [2.75, 3.05) is 0 Å². The number of aryl methyl sites for hydroxylation is 2. The molecule has 0 aromatic carbocycles. The number of hydrogen-bond donors (Lipinski definition) is 1. The van der Waals surface area contributed by atoms with Crippen LogP contribution in [0.15, 0.2) is 9.59 Å². The van der Waals surface area contributed by atoms with Gasteiger partial charge in [0, 0.05) is 20.1 Å². The fourth-order valence-electron chi connectivity index (χ4n) is 2.47. The summed E-state index contributed by atoms with van der Waals surface area (Å²) in [6, 6.07) is -0.294. The molecule has 0 bridgehead atoms. The van der Waals surface area contributed by atoms with E-state index >= 15 is 0 Å².